The van der Waals surface area contributed by atoms with Crippen LogP contribution in [-0.2, 0) is 24.2 Å². The van der Waals surface area contributed by atoms with E-state index >= 15 is 0 Å². The van der Waals surface area contributed by atoms with Crippen molar-refractivity contribution in [2.75, 3.05) is 0 Å². The molecular weight excluding hydrogens is 340 g/mol. The molecule has 0 bridgehead atoms. The van der Waals surface area contributed by atoms with Crippen LogP contribution in [0.2, 0.25) is 0 Å². The van der Waals surface area contributed by atoms with E-state index in [1.807, 2.05) is 18.2 Å². The first kappa shape index (κ1) is 17.9. The van der Waals surface area contributed by atoms with Crippen LogP contribution in [0.1, 0.15) is 23.6 Å². The maximum Gasteiger partial charge on any atom is 0.387 e. The molecule has 0 spiro atoms. The Morgan fingerprint density at radius 2 is 2.00 bits per heavy atom. The second kappa shape index (κ2) is 7.99. The number of para-hydroxylation sites is 1. The third-order valence-corrected chi connectivity index (χ3v) is 4.14. The molecule has 3 aromatic rings. The van der Waals surface area contributed by atoms with Crippen LogP contribution in [-0.4, -0.2) is 12.5 Å². The van der Waals surface area contributed by atoms with E-state index in [4.69, 9.17) is 4.42 Å². The van der Waals surface area contributed by atoms with Crippen molar-refractivity contribution in [1.82, 2.24) is 5.32 Å². The van der Waals surface area contributed by atoms with Crippen LogP contribution in [0.4, 0.5) is 8.78 Å². The minimum absolute atomic E-state index is 0.0589. The molecule has 2 aromatic carbocycles. The van der Waals surface area contributed by atoms with E-state index in [0.717, 1.165) is 23.0 Å². The third kappa shape index (κ3) is 4.20. The van der Waals surface area contributed by atoms with Crippen molar-refractivity contribution in [3.8, 4) is 5.75 Å². The highest BCUT2D eigenvalue weighted by atomic mass is 19.3. The van der Waals surface area contributed by atoms with Gasteiger partial charge in [-0.1, -0.05) is 37.3 Å². The lowest BCUT2D eigenvalue weighted by atomic mass is 10.1. The van der Waals surface area contributed by atoms with E-state index in [0.29, 0.717) is 5.56 Å². The quantitative estimate of drug-likeness (QED) is 0.678. The minimum Gasteiger partial charge on any atom is -0.464 e. The number of furan rings is 1. The molecule has 1 amide bonds. The van der Waals surface area contributed by atoms with Crippen LogP contribution < -0.4 is 10.1 Å². The molecule has 136 valence electrons. The number of hydrogen-bond acceptors (Lipinski definition) is 3. The maximum atomic E-state index is 12.4. The smallest absolute Gasteiger partial charge is 0.387 e. The molecule has 0 aliphatic rings. The highest BCUT2D eigenvalue weighted by Gasteiger charge is 2.13. The van der Waals surface area contributed by atoms with E-state index in [9.17, 15) is 13.6 Å². The second-order valence-corrected chi connectivity index (χ2v) is 5.88. The predicted molar refractivity (Wildman–Crippen MR) is 94.2 cm³/mol. The van der Waals surface area contributed by atoms with Crippen LogP contribution in [0.3, 0.4) is 0 Å². The summed E-state index contributed by atoms with van der Waals surface area (Å²) in [4.78, 5) is 12.2. The summed E-state index contributed by atoms with van der Waals surface area (Å²) in [5.41, 5.74) is 3.20. The normalized spacial score (nSPS) is 11.1. The number of benzene rings is 2. The number of fused-ring (bicyclic) bond motifs is 1. The average molecular weight is 359 g/mol. The number of nitrogens with one attached hydrogen (secondary N) is 1. The van der Waals surface area contributed by atoms with Crippen molar-refractivity contribution in [1.29, 1.82) is 0 Å². The van der Waals surface area contributed by atoms with E-state index in [2.05, 4.69) is 17.0 Å². The Labute approximate surface area is 149 Å². The van der Waals surface area contributed by atoms with Crippen molar-refractivity contribution in [2.24, 2.45) is 0 Å². The van der Waals surface area contributed by atoms with Gasteiger partial charge in [0.15, 0.2) is 0 Å². The predicted octanol–water partition coefficient (Wildman–Crippen LogP) is 4.46. The highest BCUT2D eigenvalue weighted by molar-refractivity contribution is 5.87. The average Bonchev–Trinajstić information content (AvgIpc) is 3.02. The first-order valence-corrected chi connectivity index (χ1v) is 8.35. The van der Waals surface area contributed by atoms with Gasteiger partial charge in [0.25, 0.3) is 0 Å². The van der Waals surface area contributed by atoms with E-state index in [1.165, 1.54) is 11.6 Å². The van der Waals surface area contributed by atoms with Crippen LogP contribution in [0.25, 0.3) is 11.0 Å². The zero-order valence-corrected chi connectivity index (χ0v) is 14.3. The van der Waals surface area contributed by atoms with Gasteiger partial charge >= 0.3 is 6.61 Å². The Kier molecular flexibility index (Phi) is 5.51. The number of amides is 1. The lowest BCUT2D eigenvalue weighted by molar-refractivity contribution is -0.120. The Bertz CT molecular complexity index is 905. The van der Waals surface area contributed by atoms with Crippen LogP contribution in [0.15, 0.2) is 53.1 Å². The van der Waals surface area contributed by atoms with Crippen molar-refractivity contribution in [3.05, 3.63) is 65.4 Å². The van der Waals surface area contributed by atoms with Gasteiger partial charge in [-0.15, -0.1) is 0 Å². The van der Waals surface area contributed by atoms with Gasteiger partial charge in [0, 0.05) is 23.1 Å². The molecule has 1 heterocycles. The molecule has 6 heteroatoms. The molecule has 0 saturated heterocycles. The molecule has 0 radical (unpaired) electrons. The van der Waals surface area contributed by atoms with Gasteiger partial charge in [-0.3, -0.25) is 4.79 Å². The summed E-state index contributed by atoms with van der Waals surface area (Å²) < 4.78 is 34.9. The number of aryl methyl sites for hydroxylation is 1. The number of alkyl halides is 2. The largest absolute Gasteiger partial charge is 0.464 e. The Balaban J connectivity index is 1.65. The summed E-state index contributed by atoms with van der Waals surface area (Å²) in [5.74, 6) is -0.164. The zero-order valence-electron chi connectivity index (χ0n) is 14.3. The second-order valence-electron chi connectivity index (χ2n) is 5.88. The Hall–Kier alpha value is -2.89. The van der Waals surface area contributed by atoms with Crippen LogP contribution >= 0.6 is 0 Å². The summed E-state index contributed by atoms with van der Waals surface area (Å²) in [7, 11) is 0. The first-order chi connectivity index (χ1) is 12.6. The van der Waals surface area contributed by atoms with Crippen molar-refractivity contribution in [2.45, 2.75) is 32.9 Å². The fourth-order valence-corrected chi connectivity index (χ4v) is 2.77. The van der Waals surface area contributed by atoms with Gasteiger partial charge in [0.2, 0.25) is 5.91 Å². The zero-order chi connectivity index (χ0) is 18.5. The van der Waals surface area contributed by atoms with E-state index in [1.54, 1.807) is 24.5 Å². The third-order valence-electron chi connectivity index (χ3n) is 4.14. The first-order valence-electron chi connectivity index (χ1n) is 8.35. The highest BCUT2D eigenvalue weighted by Crippen LogP contribution is 2.24. The number of ether oxygens (including phenoxy) is 1. The number of carbonyl (C=O) groups is 1. The van der Waals surface area contributed by atoms with Crippen molar-refractivity contribution in [3.63, 3.8) is 0 Å². The molecule has 0 fully saturated rings. The molecule has 3 rings (SSSR count). The van der Waals surface area contributed by atoms with Gasteiger partial charge < -0.3 is 14.5 Å². The van der Waals surface area contributed by atoms with Crippen molar-refractivity contribution >= 4 is 16.9 Å². The molecule has 0 aliphatic heterocycles. The fraction of sp³-hybridized carbons (Fsp3) is 0.250. The summed E-state index contributed by atoms with van der Waals surface area (Å²) >= 11 is 0. The molecular formula is C20H19F2NO3. The lowest BCUT2D eigenvalue weighted by Crippen LogP contribution is -2.24. The molecule has 0 atom stereocenters. The van der Waals surface area contributed by atoms with Gasteiger partial charge in [0.1, 0.15) is 11.3 Å². The summed E-state index contributed by atoms with van der Waals surface area (Å²) in [6.07, 6.45) is 2.64. The SMILES string of the molecule is CCc1ccc2c(CC(=O)NCc3ccccc3OC(F)F)coc2c1. The molecule has 0 saturated carbocycles. The van der Waals surface area contributed by atoms with Gasteiger partial charge in [-0.25, -0.2) is 0 Å². The Morgan fingerprint density at radius 1 is 1.19 bits per heavy atom. The molecule has 0 unspecified atom stereocenters. The molecule has 1 aromatic heterocycles. The molecule has 26 heavy (non-hydrogen) atoms. The van der Waals surface area contributed by atoms with E-state index < -0.39 is 6.61 Å². The monoisotopic (exact) mass is 359 g/mol. The summed E-state index contributed by atoms with van der Waals surface area (Å²) in [6, 6.07) is 12.3. The number of carbonyl (C=O) groups excluding carboxylic acids is 1. The van der Waals surface area contributed by atoms with Crippen LogP contribution in [0.5, 0.6) is 5.75 Å². The fourth-order valence-electron chi connectivity index (χ4n) is 2.77. The maximum absolute atomic E-state index is 12.4. The minimum atomic E-state index is -2.91. The standard InChI is InChI=1S/C20H19F2NO3/c1-2-13-7-8-16-15(12-25-18(16)9-13)10-19(24)23-11-14-5-3-4-6-17(14)26-20(21)22/h3-9,12,20H,2,10-11H2,1H3,(H,23,24). The summed E-state index contributed by atoms with van der Waals surface area (Å²) in [5, 5.41) is 3.63. The van der Waals surface area contributed by atoms with Gasteiger partial charge in [-0.2, -0.15) is 8.78 Å². The number of hydrogen-bond donors (Lipinski definition) is 1. The molecule has 0 aliphatic carbocycles. The van der Waals surface area contributed by atoms with E-state index in [-0.39, 0.29) is 24.6 Å². The van der Waals surface area contributed by atoms with Gasteiger partial charge in [0.05, 0.1) is 12.7 Å². The van der Waals surface area contributed by atoms with Crippen LogP contribution in [0, 0.1) is 0 Å². The Morgan fingerprint density at radius 3 is 2.77 bits per heavy atom. The molecule has 4 nitrogen and oxygen atoms in total. The molecule has 1 N–H and O–H groups in total. The van der Waals surface area contributed by atoms with Gasteiger partial charge in [-0.05, 0) is 24.1 Å². The summed E-state index contributed by atoms with van der Waals surface area (Å²) in [6.45, 7) is -0.733. The lowest BCUT2D eigenvalue weighted by Gasteiger charge is -2.11. The number of rotatable bonds is 7. The van der Waals surface area contributed by atoms with Crippen molar-refractivity contribution < 1.29 is 22.7 Å². The topological polar surface area (TPSA) is 51.5 Å². The number of halogens is 2.